The molecule has 1 fully saturated rings. The summed E-state index contributed by atoms with van der Waals surface area (Å²) in [4.78, 5) is 35.6. The van der Waals surface area contributed by atoms with Crippen molar-refractivity contribution in [2.75, 3.05) is 13.2 Å². The van der Waals surface area contributed by atoms with E-state index in [0.717, 1.165) is 70.6 Å². The van der Waals surface area contributed by atoms with E-state index >= 15 is 0 Å². The van der Waals surface area contributed by atoms with Gasteiger partial charge in [0.2, 0.25) is 0 Å². The lowest BCUT2D eigenvalue weighted by molar-refractivity contribution is -0.220. The molecule has 0 aromatic rings. The van der Waals surface area contributed by atoms with Gasteiger partial charge < -0.3 is 39.9 Å². The molecule has 0 aromatic carbocycles. The summed E-state index contributed by atoms with van der Waals surface area (Å²) in [5.74, 6) is -1.18. The molecule has 0 bridgehead atoms. The molecule has 0 aliphatic heterocycles. The van der Waals surface area contributed by atoms with Crippen LogP contribution in [0.4, 0.5) is 0 Å². The van der Waals surface area contributed by atoms with Crippen LogP contribution in [0.3, 0.4) is 0 Å². The number of hydrogen-bond donors (Lipinski definition) is 6. The number of unbranched alkanes of at least 4 members (excludes halogenated alkanes) is 10. The minimum absolute atomic E-state index is 0.0570. The molecule has 0 amide bonds. The van der Waals surface area contributed by atoms with Crippen LogP contribution in [0.2, 0.25) is 0 Å². The van der Waals surface area contributed by atoms with Gasteiger partial charge in [-0.25, -0.2) is 4.57 Å². The number of ether oxygens (including phenoxy) is 2. The van der Waals surface area contributed by atoms with Gasteiger partial charge in [-0.3, -0.25) is 18.6 Å². The molecule has 0 radical (unpaired) electrons. The number of hydrogen-bond acceptors (Lipinski definition) is 12. The molecule has 8 atom stereocenters. The van der Waals surface area contributed by atoms with E-state index in [0.29, 0.717) is 12.8 Å². The number of carbonyl (C=O) groups excluding carboxylic acids is 2. The smallest absolute Gasteiger partial charge is 0.462 e. The Morgan fingerprint density at radius 2 is 1.03 bits per heavy atom. The van der Waals surface area contributed by atoms with E-state index in [-0.39, 0.29) is 12.8 Å². The van der Waals surface area contributed by atoms with Crippen LogP contribution in [0.5, 0.6) is 0 Å². The Kier molecular flexibility index (Phi) is 31.8. The van der Waals surface area contributed by atoms with E-state index in [9.17, 15) is 44.6 Å². The van der Waals surface area contributed by atoms with Crippen molar-refractivity contribution in [1.29, 1.82) is 0 Å². The van der Waals surface area contributed by atoms with Crippen LogP contribution in [0.15, 0.2) is 85.1 Å². The highest BCUT2D eigenvalue weighted by molar-refractivity contribution is 7.47. The molecule has 0 aromatic heterocycles. The van der Waals surface area contributed by atoms with Crippen LogP contribution in [-0.4, -0.2) is 98.3 Å². The Hall–Kier alpha value is -2.97. The van der Waals surface area contributed by atoms with Crippen LogP contribution in [0, 0.1) is 0 Å². The first kappa shape index (κ1) is 54.0. The summed E-state index contributed by atoms with van der Waals surface area (Å²) >= 11 is 0. The van der Waals surface area contributed by atoms with Gasteiger partial charge in [-0.2, -0.15) is 0 Å². The molecule has 6 N–H and O–H groups in total. The van der Waals surface area contributed by atoms with Gasteiger partial charge in [-0.15, -0.1) is 0 Å². The third-order valence-corrected chi connectivity index (χ3v) is 10.3. The molecule has 1 aliphatic rings. The second-order valence-electron chi connectivity index (χ2n) is 14.6. The van der Waals surface area contributed by atoms with Crippen molar-refractivity contribution in [3.8, 4) is 0 Å². The molecule has 0 heterocycles. The summed E-state index contributed by atoms with van der Waals surface area (Å²) in [6.07, 6.45) is 30.7. The summed E-state index contributed by atoms with van der Waals surface area (Å²) in [7, 11) is -5.14. The molecule has 1 rings (SSSR count). The number of carbonyl (C=O) groups is 2. The standard InChI is InChI=1S/C45H73O13P/c1-3-5-7-9-11-13-15-17-19-21-23-25-27-29-31-33-38(46)55-35-37(36-56-59(53,54)58-45-43(51)41(49)40(48)42(50)44(45)52)57-39(47)34-32-30-28-26-24-22-20-18-16-14-12-10-8-6-4-2/h6,8,10-14,16-20,23,25,37,40-45,48-52H,3-5,7,9,15,21-22,24,26-36H2,1-2H3,(H,53,54)/b8-6+,12-10+,13-11+,16-14+,19-17+,20-18+,25-23+/t37-,40?,41-,42?,43?,44?,45?/m1/s1. The van der Waals surface area contributed by atoms with E-state index in [1.807, 2.05) is 36.5 Å². The average Bonchev–Trinajstić information content (AvgIpc) is 3.21. The molecule has 0 spiro atoms. The van der Waals surface area contributed by atoms with Crippen molar-refractivity contribution in [2.45, 2.75) is 172 Å². The number of phosphoric ester groups is 1. The zero-order chi connectivity index (χ0) is 43.6. The van der Waals surface area contributed by atoms with E-state index in [1.165, 1.54) is 19.3 Å². The molecule has 6 unspecified atom stereocenters. The van der Waals surface area contributed by atoms with Crippen molar-refractivity contribution in [1.82, 2.24) is 0 Å². The first-order chi connectivity index (χ1) is 28.4. The minimum Gasteiger partial charge on any atom is -0.462 e. The Bertz CT molecular complexity index is 1360. The quantitative estimate of drug-likeness (QED) is 0.0123. The largest absolute Gasteiger partial charge is 0.472 e. The summed E-state index contributed by atoms with van der Waals surface area (Å²) in [6, 6.07) is 0. The van der Waals surface area contributed by atoms with Crippen LogP contribution in [0.25, 0.3) is 0 Å². The minimum atomic E-state index is -5.14. The highest BCUT2D eigenvalue weighted by Crippen LogP contribution is 2.47. The van der Waals surface area contributed by atoms with E-state index < -0.39 is 75.7 Å². The molecule has 0 saturated heterocycles. The van der Waals surface area contributed by atoms with Crippen molar-refractivity contribution < 1.29 is 63.1 Å². The molecule has 59 heavy (non-hydrogen) atoms. The topological polar surface area (TPSA) is 210 Å². The molecule has 14 heteroatoms. The number of phosphoric acid groups is 1. The fraction of sp³-hybridized carbons (Fsp3) is 0.644. The monoisotopic (exact) mass is 852 g/mol. The third kappa shape index (κ3) is 27.5. The van der Waals surface area contributed by atoms with E-state index in [4.69, 9.17) is 18.5 Å². The maximum Gasteiger partial charge on any atom is 0.472 e. The van der Waals surface area contributed by atoms with Crippen molar-refractivity contribution in [3.63, 3.8) is 0 Å². The Labute approximate surface area is 352 Å². The lowest BCUT2D eigenvalue weighted by atomic mass is 9.85. The Morgan fingerprint density at radius 3 is 1.66 bits per heavy atom. The number of rotatable bonds is 33. The Balaban J connectivity index is 2.56. The first-order valence-corrected chi connectivity index (χ1v) is 22.9. The number of aliphatic hydroxyl groups excluding tert-OH is 5. The first-order valence-electron chi connectivity index (χ1n) is 21.4. The number of allylic oxidation sites excluding steroid dienone is 14. The Morgan fingerprint density at radius 1 is 0.559 bits per heavy atom. The normalized spacial score (nSPS) is 23.2. The SMILES string of the molecule is CC/C=C/C=C/C=C/C=C/CCCCCCCC(=O)O[C@H](COC(=O)CCCC/C=C/C/C=C/C/C=C/CCCCC)COP(=O)(O)OC1C(O)C(O)C(O)[C@@H](O)C1O. The van der Waals surface area contributed by atoms with Crippen LogP contribution in [0.1, 0.15) is 129 Å². The maximum atomic E-state index is 12.8. The van der Waals surface area contributed by atoms with Gasteiger partial charge in [0.05, 0.1) is 6.61 Å². The highest BCUT2D eigenvalue weighted by atomic mass is 31.2. The van der Waals surface area contributed by atoms with Crippen molar-refractivity contribution in [3.05, 3.63) is 85.1 Å². The summed E-state index contributed by atoms with van der Waals surface area (Å²) < 4.78 is 33.4. The predicted octanol–water partition coefficient (Wildman–Crippen LogP) is 7.72. The number of esters is 2. The molecule has 1 saturated carbocycles. The molecule has 13 nitrogen and oxygen atoms in total. The van der Waals surface area contributed by atoms with Gasteiger partial charge in [0.15, 0.2) is 6.10 Å². The fourth-order valence-corrected chi connectivity index (χ4v) is 6.80. The number of aliphatic hydroxyl groups is 5. The summed E-state index contributed by atoms with van der Waals surface area (Å²) in [6.45, 7) is 3.05. The fourth-order valence-electron chi connectivity index (χ4n) is 5.83. The van der Waals surface area contributed by atoms with Gasteiger partial charge >= 0.3 is 19.8 Å². The zero-order valence-electron chi connectivity index (χ0n) is 35.3. The lowest BCUT2D eigenvalue weighted by Crippen LogP contribution is -2.64. The van der Waals surface area contributed by atoms with Crippen LogP contribution in [-0.2, 0) is 32.7 Å². The molecule has 1 aliphatic carbocycles. The maximum absolute atomic E-state index is 12.8. The zero-order valence-corrected chi connectivity index (χ0v) is 36.1. The average molecular weight is 853 g/mol. The van der Waals surface area contributed by atoms with Gasteiger partial charge in [0.25, 0.3) is 0 Å². The van der Waals surface area contributed by atoms with Crippen molar-refractivity contribution >= 4 is 19.8 Å². The van der Waals surface area contributed by atoms with Gasteiger partial charge in [-0.1, -0.05) is 131 Å². The lowest BCUT2D eigenvalue weighted by Gasteiger charge is -2.41. The second-order valence-corrected chi connectivity index (χ2v) is 16.0. The molecular formula is C45H73O13P. The van der Waals surface area contributed by atoms with Gasteiger partial charge in [0.1, 0.15) is 43.2 Å². The summed E-state index contributed by atoms with van der Waals surface area (Å²) in [5, 5.41) is 50.1. The summed E-state index contributed by atoms with van der Waals surface area (Å²) in [5.41, 5.74) is 0. The van der Waals surface area contributed by atoms with Crippen LogP contribution < -0.4 is 0 Å². The van der Waals surface area contributed by atoms with E-state index in [2.05, 4.69) is 62.5 Å². The molecular weight excluding hydrogens is 779 g/mol. The molecule has 336 valence electrons. The van der Waals surface area contributed by atoms with Gasteiger partial charge in [0, 0.05) is 12.8 Å². The highest BCUT2D eigenvalue weighted by Gasteiger charge is 2.51. The van der Waals surface area contributed by atoms with E-state index in [1.54, 1.807) is 0 Å². The second kappa shape index (κ2) is 34.7. The van der Waals surface area contributed by atoms with Crippen LogP contribution >= 0.6 is 7.82 Å². The third-order valence-electron chi connectivity index (χ3n) is 9.32. The predicted molar refractivity (Wildman–Crippen MR) is 230 cm³/mol. The van der Waals surface area contributed by atoms with Gasteiger partial charge in [-0.05, 0) is 70.6 Å². The van der Waals surface area contributed by atoms with Crippen molar-refractivity contribution in [2.24, 2.45) is 0 Å².